The molecule has 2 fully saturated rings. The molecule has 15 heteroatoms. The van der Waals surface area contributed by atoms with Gasteiger partial charge in [0.1, 0.15) is 17.5 Å². The van der Waals surface area contributed by atoms with Crippen molar-refractivity contribution in [1.29, 1.82) is 0 Å². The standard InChI is InChI=1S/C31H40N4O11/c1-5-44-29(40)31(10-7-11-31)46-23-18-22(32-21-17-25(43-4)24(42-3)16-19(21)23)27(38)33-20(8-9-26(36)37)28(39)34-12-14-35(15-13-34)30(41)45-6-2/h16-18,20H,5-15H2,1-4H3,(H,33,38)(H,36,37). The van der Waals surface area contributed by atoms with Crippen LogP contribution in [0.25, 0.3) is 10.9 Å². The summed E-state index contributed by atoms with van der Waals surface area (Å²) in [5.41, 5.74) is -1.08. The fourth-order valence-corrected chi connectivity index (χ4v) is 5.34. The predicted molar refractivity (Wildman–Crippen MR) is 162 cm³/mol. The van der Waals surface area contributed by atoms with Crippen molar-refractivity contribution in [3.63, 3.8) is 0 Å². The summed E-state index contributed by atoms with van der Waals surface area (Å²) in [4.78, 5) is 71.1. The van der Waals surface area contributed by atoms with Crippen molar-refractivity contribution in [2.45, 2.75) is 57.6 Å². The molecule has 3 amide bonds. The Morgan fingerprint density at radius 1 is 0.913 bits per heavy atom. The third-order valence-electron chi connectivity index (χ3n) is 7.99. The minimum atomic E-state index is -1.24. The zero-order chi connectivity index (χ0) is 33.4. The molecule has 0 radical (unpaired) electrons. The summed E-state index contributed by atoms with van der Waals surface area (Å²) >= 11 is 0. The first kappa shape index (κ1) is 34.1. The van der Waals surface area contributed by atoms with Crippen LogP contribution in [0, 0.1) is 0 Å². The van der Waals surface area contributed by atoms with E-state index in [-0.39, 0.29) is 63.7 Å². The number of carboxylic acid groups (broad SMARTS) is 1. The number of fused-ring (bicyclic) bond motifs is 1. The van der Waals surface area contributed by atoms with Crippen LogP contribution in [0.4, 0.5) is 4.79 Å². The van der Waals surface area contributed by atoms with Gasteiger partial charge in [-0.2, -0.15) is 0 Å². The molecule has 250 valence electrons. The Morgan fingerprint density at radius 3 is 2.11 bits per heavy atom. The van der Waals surface area contributed by atoms with Crippen LogP contribution in [0.5, 0.6) is 17.2 Å². The Hall–Kier alpha value is -4.82. The van der Waals surface area contributed by atoms with Gasteiger partial charge < -0.3 is 43.9 Å². The fraction of sp³-hybridized carbons (Fsp3) is 0.548. The van der Waals surface area contributed by atoms with E-state index in [4.69, 9.17) is 23.7 Å². The van der Waals surface area contributed by atoms with Gasteiger partial charge in [0.05, 0.1) is 33.0 Å². The highest BCUT2D eigenvalue weighted by atomic mass is 16.6. The van der Waals surface area contributed by atoms with Crippen molar-refractivity contribution in [3.8, 4) is 17.2 Å². The lowest BCUT2D eigenvalue weighted by molar-refractivity contribution is -0.169. The number of pyridine rings is 1. The molecule has 1 aliphatic carbocycles. The van der Waals surface area contributed by atoms with Gasteiger partial charge in [-0.15, -0.1) is 0 Å². The quantitative estimate of drug-likeness (QED) is 0.304. The minimum absolute atomic E-state index is 0.131. The number of ether oxygens (including phenoxy) is 5. The Labute approximate surface area is 266 Å². The average molecular weight is 645 g/mol. The van der Waals surface area contributed by atoms with E-state index in [9.17, 15) is 29.1 Å². The van der Waals surface area contributed by atoms with Gasteiger partial charge in [-0.1, -0.05) is 0 Å². The number of piperazine rings is 1. The average Bonchev–Trinajstić information content (AvgIpc) is 3.03. The number of nitrogens with one attached hydrogen (secondary N) is 1. The van der Waals surface area contributed by atoms with Gasteiger partial charge in [-0.25, -0.2) is 14.6 Å². The summed E-state index contributed by atoms with van der Waals surface area (Å²) in [5.74, 6) is -2.00. The van der Waals surface area contributed by atoms with Crippen LogP contribution in [0.15, 0.2) is 18.2 Å². The molecule has 0 bridgehead atoms. The van der Waals surface area contributed by atoms with E-state index in [1.165, 1.54) is 30.1 Å². The van der Waals surface area contributed by atoms with Crippen molar-refractivity contribution in [1.82, 2.24) is 20.1 Å². The third kappa shape index (κ3) is 7.51. The molecule has 2 N–H and O–H groups in total. The van der Waals surface area contributed by atoms with Gasteiger partial charge in [0, 0.05) is 50.1 Å². The summed E-state index contributed by atoms with van der Waals surface area (Å²) in [6.45, 7) is 4.61. The van der Waals surface area contributed by atoms with E-state index in [1.807, 2.05) is 0 Å². The number of amides is 3. The maximum atomic E-state index is 13.7. The zero-order valence-electron chi connectivity index (χ0n) is 26.5. The molecule has 1 unspecified atom stereocenters. The lowest BCUT2D eigenvalue weighted by Gasteiger charge is -2.39. The van der Waals surface area contributed by atoms with Crippen LogP contribution >= 0.6 is 0 Å². The predicted octanol–water partition coefficient (Wildman–Crippen LogP) is 2.38. The smallest absolute Gasteiger partial charge is 0.409 e. The topological polar surface area (TPSA) is 183 Å². The number of carbonyl (C=O) groups excluding carboxylic acids is 4. The molecule has 1 atom stereocenters. The van der Waals surface area contributed by atoms with Crippen molar-refractivity contribution in [3.05, 3.63) is 23.9 Å². The number of rotatable bonds is 13. The molecule has 46 heavy (non-hydrogen) atoms. The lowest BCUT2D eigenvalue weighted by atomic mass is 9.80. The van der Waals surface area contributed by atoms with Crippen LogP contribution in [-0.4, -0.2) is 115 Å². The summed E-state index contributed by atoms with van der Waals surface area (Å²) in [6, 6.07) is 3.37. The largest absolute Gasteiger partial charge is 0.493 e. The number of esters is 1. The summed E-state index contributed by atoms with van der Waals surface area (Å²) in [7, 11) is 2.92. The number of aliphatic carboxylic acids is 1. The third-order valence-corrected chi connectivity index (χ3v) is 7.99. The Balaban J connectivity index is 1.64. The van der Waals surface area contributed by atoms with Crippen LogP contribution in [0.1, 0.15) is 56.4 Å². The number of nitrogens with zero attached hydrogens (tertiary/aromatic N) is 3. The first-order valence-electron chi connectivity index (χ1n) is 15.2. The lowest BCUT2D eigenvalue weighted by Crippen LogP contribution is -2.56. The molecule has 15 nitrogen and oxygen atoms in total. The monoisotopic (exact) mass is 644 g/mol. The van der Waals surface area contributed by atoms with E-state index in [0.717, 1.165) is 6.42 Å². The van der Waals surface area contributed by atoms with Crippen molar-refractivity contribution >= 4 is 40.7 Å². The van der Waals surface area contributed by atoms with Crippen molar-refractivity contribution in [2.24, 2.45) is 0 Å². The molecule has 4 rings (SSSR count). The maximum absolute atomic E-state index is 13.7. The van der Waals surface area contributed by atoms with E-state index < -0.39 is 41.5 Å². The van der Waals surface area contributed by atoms with E-state index in [2.05, 4.69) is 10.3 Å². The normalized spacial score (nSPS) is 16.1. The molecule has 1 saturated heterocycles. The maximum Gasteiger partial charge on any atom is 0.409 e. The fourth-order valence-electron chi connectivity index (χ4n) is 5.34. The molecule has 1 aromatic heterocycles. The number of benzene rings is 1. The summed E-state index contributed by atoms with van der Waals surface area (Å²) in [5, 5.41) is 12.4. The van der Waals surface area contributed by atoms with Crippen LogP contribution in [0.3, 0.4) is 0 Å². The summed E-state index contributed by atoms with van der Waals surface area (Å²) in [6.07, 6.45) is 0.545. The van der Waals surface area contributed by atoms with Gasteiger partial charge in [0.25, 0.3) is 5.91 Å². The molecule has 1 saturated carbocycles. The van der Waals surface area contributed by atoms with E-state index in [0.29, 0.717) is 35.2 Å². The first-order valence-corrected chi connectivity index (χ1v) is 15.2. The number of carboxylic acids is 1. The Kier molecular flexibility index (Phi) is 11.1. The Morgan fingerprint density at radius 2 is 1.54 bits per heavy atom. The number of methoxy groups -OCH3 is 2. The van der Waals surface area contributed by atoms with Crippen molar-refractivity contribution < 1.29 is 52.8 Å². The second kappa shape index (κ2) is 15.0. The Bertz CT molecular complexity index is 1470. The first-order chi connectivity index (χ1) is 22.0. The van der Waals surface area contributed by atoms with Crippen molar-refractivity contribution in [2.75, 3.05) is 53.6 Å². The summed E-state index contributed by atoms with van der Waals surface area (Å²) < 4.78 is 27.5. The van der Waals surface area contributed by atoms with E-state index >= 15 is 0 Å². The van der Waals surface area contributed by atoms with Gasteiger partial charge in [0.15, 0.2) is 11.5 Å². The highest BCUT2D eigenvalue weighted by Crippen LogP contribution is 2.42. The number of hydrogen-bond donors (Lipinski definition) is 2. The highest BCUT2D eigenvalue weighted by Gasteiger charge is 2.48. The molecule has 1 aliphatic heterocycles. The molecule has 0 spiro atoms. The van der Waals surface area contributed by atoms with E-state index in [1.54, 1.807) is 26.0 Å². The molecule has 2 heterocycles. The molecule has 2 aromatic rings. The second-order valence-electron chi connectivity index (χ2n) is 10.9. The van der Waals surface area contributed by atoms with Gasteiger partial charge in [0.2, 0.25) is 11.5 Å². The molecule has 2 aliphatic rings. The highest BCUT2D eigenvalue weighted by molar-refractivity contribution is 6.00. The number of aromatic nitrogens is 1. The van der Waals surface area contributed by atoms with Crippen LogP contribution in [-0.2, 0) is 23.9 Å². The van der Waals surface area contributed by atoms with Gasteiger partial charge in [-0.3, -0.25) is 14.4 Å². The van der Waals surface area contributed by atoms with Gasteiger partial charge >= 0.3 is 18.0 Å². The van der Waals surface area contributed by atoms with Crippen LogP contribution < -0.4 is 19.5 Å². The minimum Gasteiger partial charge on any atom is -0.493 e. The van der Waals surface area contributed by atoms with Crippen LogP contribution in [0.2, 0.25) is 0 Å². The molecular weight excluding hydrogens is 604 g/mol. The molecule has 1 aromatic carbocycles. The number of carbonyl (C=O) groups is 5. The SMILES string of the molecule is CCOC(=O)N1CCN(C(=O)C(CCC(=O)O)NC(=O)c2cc(OC3(C(=O)OCC)CCC3)c3cc(OC)c(OC)cc3n2)CC1. The van der Waals surface area contributed by atoms with Gasteiger partial charge in [-0.05, 0) is 45.6 Å². The molecular formula is C31H40N4O11. The number of hydrogen-bond acceptors (Lipinski definition) is 11. The second-order valence-corrected chi connectivity index (χ2v) is 10.9. The zero-order valence-corrected chi connectivity index (χ0v) is 26.5.